The van der Waals surface area contributed by atoms with Crippen LogP contribution in [0.5, 0.6) is 5.75 Å². The summed E-state index contributed by atoms with van der Waals surface area (Å²) in [7, 11) is 0. The molecule has 3 N–H and O–H groups in total. The van der Waals surface area contributed by atoms with Crippen molar-refractivity contribution in [3.05, 3.63) is 66.1 Å². The van der Waals surface area contributed by atoms with Gasteiger partial charge in [-0.15, -0.1) is 0 Å². The smallest absolute Gasteiger partial charge is 0.273 e. The lowest BCUT2D eigenvalue weighted by atomic mass is 10.1. The fourth-order valence-electron chi connectivity index (χ4n) is 2.36. The molecule has 8 heteroatoms. The molecular weight excluding hydrogens is 348 g/mol. The van der Waals surface area contributed by atoms with Crippen molar-refractivity contribution in [1.82, 2.24) is 20.8 Å². The third-order valence-electron chi connectivity index (χ3n) is 3.77. The maximum absolute atomic E-state index is 12.1. The van der Waals surface area contributed by atoms with Gasteiger partial charge in [0, 0.05) is 37.1 Å². The second-order valence-electron chi connectivity index (χ2n) is 5.70. The summed E-state index contributed by atoms with van der Waals surface area (Å²) in [6.45, 7) is 0.688. The number of nitrogens with one attached hydrogen (secondary N) is 2. The van der Waals surface area contributed by atoms with Crippen molar-refractivity contribution >= 4 is 11.8 Å². The standard InChI is InChI=1S/C19H18N4O4/c24-16-7-10-20-12-14(16)18(25)21-8-4-9-22-19(26)15-11-17(27-23-15)13-5-2-1-3-6-13/h1-3,5-7,10-12H,4,8-9H2,(H,20,24)(H,21,25)(H,22,26). The molecule has 27 heavy (non-hydrogen) atoms. The highest BCUT2D eigenvalue weighted by molar-refractivity contribution is 5.96. The monoisotopic (exact) mass is 366 g/mol. The number of nitrogens with zero attached hydrogens (tertiary/aromatic N) is 2. The minimum Gasteiger partial charge on any atom is -0.507 e. The Kier molecular flexibility index (Phi) is 5.78. The first-order valence-electron chi connectivity index (χ1n) is 8.36. The molecule has 0 radical (unpaired) electrons. The number of hydrogen-bond acceptors (Lipinski definition) is 6. The maximum Gasteiger partial charge on any atom is 0.273 e. The Balaban J connectivity index is 1.42. The van der Waals surface area contributed by atoms with Gasteiger partial charge in [0.2, 0.25) is 0 Å². The van der Waals surface area contributed by atoms with E-state index in [0.717, 1.165) is 5.56 Å². The van der Waals surface area contributed by atoms with Crippen LogP contribution in [0, 0.1) is 0 Å². The van der Waals surface area contributed by atoms with E-state index in [-0.39, 0.29) is 22.9 Å². The van der Waals surface area contributed by atoms with E-state index in [9.17, 15) is 14.7 Å². The van der Waals surface area contributed by atoms with Crippen LogP contribution < -0.4 is 10.6 Å². The van der Waals surface area contributed by atoms with Crippen LogP contribution in [0.1, 0.15) is 27.3 Å². The van der Waals surface area contributed by atoms with Gasteiger partial charge in [0.25, 0.3) is 11.8 Å². The first-order valence-corrected chi connectivity index (χ1v) is 8.36. The molecule has 0 saturated heterocycles. The Hall–Kier alpha value is -3.68. The van der Waals surface area contributed by atoms with Crippen molar-refractivity contribution in [2.24, 2.45) is 0 Å². The molecule has 1 aromatic carbocycles. The van der Waals surface area contributed by atoms with Crippen molar-refractivity contribution < 1.29 is 19.2 Å². The molecule has 0 aliphatic carbocycles. The minimum absolute atomic E-state index is 0.109. The average Bonchev–Trinajstić information content (AvgIpc) is 3.19. The normalized spacial score (nSPS) is 10.4. The fourth-order valence-corrected chi connectivity index (χ4v) is 2.36. The summed E-state index contributed by atoms with van der Waals surface area (Å²) in [6, 6.07) is 12.3. The highest BCUT2D eigenvalue weighted by Crippen LogP contribution is 2.19. The van der Waals surface area contributed by atoms with Crippen LogP contribution in [0.2, 0.25) is 0 Å². The molecule has 3 aromatic rings. The van der Waals surface area contributed by atoms with E-state index < -0.39 is 5.91 Å². The predicted molar refractivity (Wildman–Crippen MR) is 97.1 cm³/mol. The Morgan fingerprint density at radius 1 is 1.04 bits per heavy atom. The van der Waals surface area contributed by atoms with Crippen molar-refractivity contribution in [1.29, 1.82) is 0 Å². The number of amides is 2. The van der Waals surface area contributed by atoms with Crippen LogP contribution in [0.15, 0.2) is 59.4 Å². The van der Waals surface area contributed by atoms with E-state index in [2.05, 4.69) is 20.8 Å². The van der Waals surface area contributed by atoms with Crippen LogP contribution >= 0.6 is 0 Å². The Morgan fingerprint density at radius 2 is 1.78 bits per heavy atom. The van der Waals surface area contributed by atoms with Gasteiger partial charge in [-0.05, 0) is 12.5 Å². The van der Waals surface area contributed by atoms with E-state index in [1.165, 1.54) is 18.5 Å². The van der Waals surface area contributed by atoms with Gasteiger partial charge in [0.05, 0.1) is 5.56 Å². The van der Waals surface area contributed by atoms with Crippen LogP contribution in [0.3, 0.4) is 0 Å². The SMILES string of the molecule is O=C(NCCCNC(=O)c1cnccc1O)c1cc(-c2ccccc2)on1. The zero-order valence-corrected chi connectivity index (χ0v) is 14.4. The van der Waals surface area contributed by atoms with Crippen molar-refractivity contribution in [3.63, 3.8) is 0 Å². The lowest BCUT2D eigenvalue weighted by Crippen LogP contribution is -2.30. The summed E-state index contributed by atoms with van der Waals surface area (Å²) in [4.78, 5) is 27.8. The largest absolute Gasteiger partial charge is 0.507 e. The molecule has 0 fully saturated rings. The molecule has 3 rings (SSSR count). The van der Waals surface area contributed by atoms with Gasteiger partial charge in [0.15, 0.2) is 11.5 Å². The van der Waals surface area contributed by atoms with Crippen molar-refractivity contribution in [3.8, 4) is 17.1 Å². The molecule has 8 nitrogen and oxygen atoms in total. The minimum atomic E-state index is -0.420. The molecule has 0 spiro atoms. The number of hydrogen-bond donors (Lipinski definition) is 3. The molecule has 0 aliphatic rings. The predicted octanol–water partition coefficient (Wildman–Crippen LogP) is 1.99. The van der Waals surface area contributed by atoms with Crippen molar-refractivity contribution in [2.45, 2.75) is 6.42 Å². The average molecular weight is 366 g/mol. The van der Waals surface area contributed by atoms with Gasteiger partial charge < -0.3 is 20.3 Å². The summed E-state index contributed by atoms with van der Waals surface area (Å²) in [6.07, 6.45) is 3.21. The highest BCUT2D eigenvalue weighted by Gasteiger charge is 2.13. The summed E-state index contributed by atoms with van der Waals surface area (Å²) < 4.78 is 5.19. The number of rotatable bonds is 7. The molecule has 0 saturated carbocycles. The Bertz CT molecular complexity index is 924. The third kappa shape index (κ3) is 4.69. The molecule has 0 aliphatic heterocycles. The van der Waals surface area contributed by atoms with E-state index in [1.807, 2.05) is 30.3 Å². The van der Waals surface area contributed by atoms with E-state index in [0.29, 0.717) is 25.3 Å². The van der Waals surface area contributed by atoms with Gasteiger partial charge >= 0.3 is 0 Å². The third-order valence-corrected chi connectivity index (χ3v) is 3.77. The second kappa shape index (κ2) is 8.61. The molecule has 0 unspecified atom stereocenters. The van der Waals surface area contributed by atoms with Crippen LogP contribution in [0.4, 0.5) is 0 Å². The Labute approximate surface area is 155 Å². The van der Waals surface area contributed by atoms with Gasteiger partial charge in [0.1, 0.15) is 5.75 Å². The maximum atomic E-state index is 12.1. The van der Waals surface area contributed by atoms with E-state index >= 15 is 0 Å². The number of carbonyl (C=O) groups excluding carboxylic acids is 2. The number of carbonyl (C=O) groups is 2. The zero-order chi connectivity index (χ0) is 19.1. The van der Waals surface area contributed by atoms with Gasteiger partial charge in [-0.1, -0.05) is 35.5 Å². The van der Waals surface area contributed by atoms with Crippen molar-refractivity contribution in [2.75, 3.05) is 13.1 Å². The van der Waals surface area contributed by atoms with Gasteiger partial charge in [-0.3, -0.25) is 14.6 Å². The molecule has 2 amide bonds. The number of aromatic nitrogens is 2. The lowest BCUT2D eigenvalue weighted by molar-refractivity contribution is 0.0944. The first kappa shape index (κ1) is 18.1. The zero-order valence-electron chi connectivity index (χ0n) is 14.4. The van der Waals surface area contributed by atoms with Gasteiger partial charge in [-0.25, -0.2) is 0 Å². The van der Waals surface area contributed by atoms with E-state index in [1.54, 1.807) is 6.07 Å². The van der Waals surface area contributed by atoms with Crippen LogP contribution in [0.25, 0.3) is 11.3 Å². The quantitative estimate of drug-likeness (QED) is 0.551. The number of pyridine rings is 1. The summed E-state index contributed by atoms with van der Waals surface area (Å²) in [5.41, 5.74) is 1.14. The Morgan fingerprint density at radius 3 is 2.52 bits per heavy atom. The molecule has 2 aromatic heterocycles. The molecule has 0 atom stereocenters. The van der Waals surface area contributed by atoms with Crippen LogP contribution in [-0.2, 0) is 0 Å². The summed E-state index contributed by atoms with van der Waals surface area (Å²) >= 11 is 0. The topological polar surface area (TPSA) is 117 Å². The fraction of sp³-hybridized carbons (Fsp3) is 0.158. The van der Waals surface area contributed by atoms with Crippen LogP contribution in [-0.4, -0.2) is 40.2 Å². The number of benzene rings is 1. The lowest BCUT2D eigenvalue weighted by Gasteiger charge is -2.06. The van der Waals surface area contributed by atoms with E-state index in [4.69, 9.17) is 4.52 Å². The molecule has 2 heterocycles. The highest BCUT2D eigenvalue weighted by atomic mass is 16.5. The summed E-state index contributed by atoms with van der Waals surface area (Å²) in [5, 5.41) is 18.7. The molecular formula is C19H18N4O4. The molecule has 0 bridgehead atoms. The van der Waals surface area contributed by atoms with Gasteiger partial charge in [-0.2, -0.15) is 0 Å². The summed E-state index contributed by atoms with van der Waals surface area (Å²) in [5.74, 6) is -0.381. The molecule has 138 valence electrons. The first-order chi connectivity index (χ1) is 13.1. The number of aromatic hydroxyl groups is 1. The second-order valence-corrected chi connectivity index (χ2v) is 5.70.